The van der Waals surface area contributed by atoms with E-state index in [1.54, 1.807) is 30.3 Å². The zero-order valence-corrected chi connectivity index (χ0v) is 18.3. The molecule has 7 heteroatoms. The number of hydrogen-bond donors (Lipinski definition) is 4. The van der Waals surface area contributed by atoms with Gasteiger partial charge in [-0.25, -0.2) is 4.79 Å². The molecule has 0 aliphatic rings. The summed E-state index contributed by atoms with van der Waals surface area (Å²) in [5.74, 6) is -1.54. The number of aliphatic hydroxyl groups is 2. The van der Waals surface area contributed by atoms with Gasteiger partial charge < -0.3 is 25.2 Å². The highest BCUT2D eigenvalue weighted by atomic mass is 16.5. The second-order valence-electron chi connectivity index (χ2n) is 6.70. The Hall–Kier alpha value is -1.96. The maximum Gasteiger partial charge on any atom is 0.335 e. The number of aliphatic hydroxyl groups excluding tert-OH is 2. The summed E-state index contributed by atoms with van der Waals surface area (Å²) >= 11 is 0. The fraction of sp³-hybridized carbons (Fsp3) is 0.652. The van der Waals surface area contributed by atoms with Gasteiger partial charge in [-0.2, -0.15) is 0 Å². The lowest BCUT2D eigenvalue weighted by molar-refractivity contribution is -0.137. The molecule has 1 rings (SSSR count). The smallest absolute Gasteiger partial charge is 0.335 e. The van der Waals surface area contributed by atoms with Crippen LogP contribution in [0.3, 0.4) is 0 Å². The maximum absolute atomic E-state index is 10.2. The number of rotatable bonds is 15. The van der Waals surface area contributed by atoms with Gasteiger partial charge in [0.25, 0.3) is 0 Å². The minimum absolute atomic E-state index is 0.0278. The molecule has 0 bridgehead atoms. The number of aromatic carboxylic acids is 1. The van der Waals surface area contributed by atoms with E-state index < -0.39 is 11.9 Å². The van der Waals surface area contributed by atoms with Crippen molar-refractivity contribution in [2.45, 2.75) is 71.1 Å². The summed E-state index contributed by atoms with van der Waals surface area (Å²) in [5.41, 5.74) is 0.331. The Balaban J connectivity index is 0. The van der Waals surface area contributed by atoms with Gasteiger partial charge in [0.15, 0.2) is 0 Å². The van der Waals surface area contributed by atoms with E-state index in [4.69, 9.17) is 20.4 Å². The molecule has 30 heavy (non-hydrogen) atoms. The van der Waals surface area contributed by atoms with Crippen LogP contribution in [0.2, 0.25) is 0 Å². The molecule has 0 fully saturated rings. The monoisotopic (exact) mass is 428 g/mol. The molecular weight excluding hydrogens is 388 g/mol. The van der Waals surface area contributed by atoms with Gasteiger partial charge in [-0.15, -0.1) is 0 Å². The van der Waals surface area contributed by atoms with Crippen molar-refractivity contribution >= 4 is 11.9 Å². The van der Waals surface area contributed by atoms with Gasteiger partial charge in [-0.05, 0) is 18.6 Å². The summed E-state index contributed by atoms with van der Waals surface area (Å²) in [6.07, 6.45) is 11.5. The minimum Gasteiger partial charge on any atom is -0.481 e. The Morgan fingerprint density at radius 1 is 0.767 bits per heavy atom. The van der Waals surface area contributed by atoms with Crippen molar-refractivity contribution < 1.29 is 34.8 Å². The number of carbonyl (C=O) groups is 2. The Morgan fingerprint density at radius 2 is 1.23 bits per heavy atom. The summed E-state index contributed by atoms with van der Waals surface area (Å²) in [6, 6.07) is 8.30. The van der Waals surface area contributed by atoms with Crippen LogP contribution in [0, 0.1) is 0 Å². The molecule has 0 aliphatic carbocycles. The number of aliphatic carboxylic acids is 1. The number of benzene rings is 1. The summed E-state index contributed by atoms with van der Waals surface area (Å²) in [4.78, 5) is 20.4. The molecule has 0 spiro atoms. The van der Waals surface area contributed by atoms with Crippen LogP contribution in [0.15, 0.2) is 30.3 Å². The average Bonchev–Trinajstić information content (AvgIpc) is 2.74. The molecule has 0 saturated carbocycles. The van der Waals surface area contributed by atoms with Crippen molar-refractivity contribution in [3.63, 3.8) is 0 Å². The topological polar surface area (TPSA) is 124 Å². The summed E-state index contributed by atoms with van der Waals surface area (Å²) in [5, 5.41) is 33.0. The van der Waals surface area contributed by atoms with Crippen molar-refractivity contribution in [3.05, 3.63) is 35.9 Å². The largest absolute Gasteiger partial charge is 0.481 e. The van der Waals surface area contributed by atoms with Crippen molar-refractivity contribution in [1.29, 1.82) is 0 Å². The lowest BCUT2D eigenvalue weighted by Gasteiger charge is -2.00. The van der Waals surface area contributed by atoms with E-state index in [9.17, 15) is 9.59 Å². The highest BCUT2D eigenvalue weighted by molar-refractivity contribution is 5.87. The Labute approximate surface area is 180 Å². The first-order valence-corrected chi connectivity index (χ1v) is 10.8. The first-order chi connectivity index (χ1) is 14.5. The van der Waals surface area contributed by atoms with Gasteiger partial charge in [0.05, 0.1) is 32.0 Å². The van der Waals surface area contributed by atoms with Crippen LogP contribution in [0.4, 0.5) is 0 Å². The first kappa shape index (κ1) is 30.2. The van der Waals surface area contributed by atoms with Crippen LogP contribution in [0.1, 0.15) is 81.5 Å². The average molecular weight is 429 g/mol. The molecule has 0 aliphatic heterocycles. The summed E-state index contributed by atoms with van der Waals surface area (Å²) in [7, 11) is 0. The SMILES string of the molecule is CCCCCCCCCCCC(=O)O.O=C(O)c1ccccc1.OCCOCCO. The van der Waals surface area contributed by atoms with Crippen LogP contribution < -0.4 is 0 Å². The molecule has 0 radical (unpaired) electrons. The van der Waals surface area contributed by atoms with E-state index in [0.717, 1.165) is 12.8 Å². The molecule has 1 aromatic carbocycles. The molecule has 174 valence electrons. The third-order valence-electron chi connectivity index (χ3n) is 3.99. The number of unbranched alkanes of at least 4 members (excludes halogenated alkanes) is 8. The van der Waals surface area contributed by atoms with Gasteiger partial charge in [0.1, 0.15) is 0 Å². The molecule has 0 saturated heterocycles. The third kappa shape index (κ3) is 26.0. The standard InChI is InChI=1S/C12H24O2.C7H6O2.C4H10O3/c1-2-3-4-5-6-7-8-9-10-11-12(13)14;8-7(9)6-4-2-1-3-5-6;5-1-3-7-4-2-6/h2-11H2,1H3,(H,13,14);1-5H,(H,8,9);5-6H,1-4H2. The third-order valence-corrected chi connectivity index (χ3v) is 3.99. The van der Waals surface area contributed by atoms with E-state index in [1.807, 2.05) is 0 Å². The molecule has 7 nitrogen and oxygen atoms in total. The van der Waals surface area contributed by atoms with Crippen molar-refractivity contribution in [2.24, 2.45) is 0 Å². The lowest BCUT2D eigenvalue weighted by Crippen LogP contribution is -2.03. The maximum atomic E-state index is 10.2. The zero-order valence-electron chi connectivity index (χ0n) is 18.3. The predicted molar refractivity (Wildman–Crippen MR) is 118 cm³/mol. The lowest BCUT2D eigenvalue weighted by atomic mass is 10.1. The van der Waals surface area contributed by atoms with Gasteiger partial charge in [-0.3, -0.25) is 4.79 Å². The number of carboxylic acids is 2. The molecule has 4 N–H and O–H groups in total. The fourth-order valence-corrected chi connectivity index (χ4v) is 2.40. The van der Waals surface area contributed by atoms with Crippen LogP contribution in [-0.4, -0.2) is 58.8 Å². The second-order valence-corrected chi connectivity index (χ2v) is 6.70. The number of ether oxygens (including phenoxy) is 1. The van der Waals surface area contributed by atoms with Crippen LogP contribution >= 0.6 is 0 Å². The molecule has 0 heterocycles. The van der Waals surface area contributed by atoms with Crippen molar-refractivity contribution in [1.82, 2.24) is 0 Å². The summed E-state index contributed by atoms with van der Waals surface area (Å²) < 4.78 is 4.63. The fourth-order valence-electron chi connectivity index (χ4n) is 2.40. The highest BCUT2D eigenvalue weighted by Gasteiger charge is 1.97. The van der Waals surface area contributed by atoms with E-state index in [1.165, 1.54) is 44.9 Å². The zero-order chi connectivity index (χ0) is 22.9. The quantitative estimate of drug-likeness (QED) is 0.306. The van der Waals surface area contributed by atoms with Crippen LogP contribution in [0.25, 0.3) is 0 Å². The summed E-state index contributed by atoms with van der Waals surface area (Å²) in [6.45, 7) is 2.92. The molecule has 1 aromatic rings. The van der Waals surface area contributed by atoms with Crippen LogP contribution in [-0.2, 0) is 9.53 Å². The van der Waals surface area contributed by atoms with Gasteiger partial charge in [0.2, 0.25) is 0 Å². The minimum atomic E-state index is -0.879. The molecular formula is C23H40O7. The van der Waals surface area contributed by atoms with E-state index in [2.05, 4.69) is 11.7 Å². The van der Waals surface area contributed by atoms with Gasteiger partial charge in [-0.1, -0.05) is 76.5 Å². The first-order valence-electron chi connectivity index (χ1n) is 10.8. The Kier molecular flexibility index (Phi) is 25.3. The molecule has 0 amide bonds. The van der Waals surface area contributed by atoms with E-state index >= 15 is 0 Å². The Bertz CT molecular complexity index is 488. The Morgan fingerprint density at radius 3 is 1.60 bits per heavy atom. The highest BCUT2D eigenvalue weighted by Crippen LogP contribution is 2.10. The van der Waals surface area contributed by atoms with Gasteiger partial charge >= 0.3 is 11.9 Å². The van der Waals surface area contributed by atoms with Crippen molar-refractivity contribution in [2.75, 3.05) is 26.4 Å². The number of hydrogen-bond acceptors (Lipinski definition) is 5. The van der Waals surface area contributed by atoms with Crippen LogP contribution in [0.5, 0.6) is 0 Å². The number of carboxylic acid groups (broad SMARTS) is 2. The molecule has 0 unspecified atom stereocenters. The van der Waals surface area contributed by atoms with E-state index in [-0.39, 0.29) is 13.2 Å². The predicted octanol–water partition coefficient (Wildman–Crippen LogP) is 4.36. The van der Waals surface area contributed by atoms with Gasteiger partial charge in [0, 0.05) is 6.42 Å². The molecule has 0 atom stereocenters. The molecule has 0 aromatic heterocycles. The second kappa shape index (κ2) is 25.1. The van der Waals surface area contributed by atoms with E-state index in [0.29, 0.717) is 25.2 Å². The normalized spacial score (nSPS) is 9.70. The van der Waals surface area contributed by atoms with Crippen molar-refractivity contribution in [3.8, 4) is 0 Å².